The third-order valence-electron chi connectivity index (χ3n) is 3.67. The van der Waals surface area contributed by atoms with E-state index in [2.05, 4.69) is 10.3 Å². The molecule has 0 spiro atoms. The monoisotopic (exact) mass is 343 g/mol. The minimum Gasteiger partial charge on any atom is -0.361 e. The molecule has 3 aromatic rings. The molecule has 0 saturated carbocycles. The van der Waals surface area contributed by atoms with E-state index in [1.165, 1.54) is 12.1 Å². The number of carbonyl (C=O) groups is 1. The molecule has 1 heterocycles. The summed E-state index contributed by atoms with van der Waals surface area (Å²) in [6.07, 6.45) is 1.79. The summed E-state index contributed by atoms with van der Waals surface area (Å²) in [7, 11) is -3.88. The number of amides is 2. The van der Waals surface area contributed by atoms with Crippen LogP contribution in [0.25, 0.3) is 10.9 Å². The molecule has 0 fully saturated rings. The lowest BCUT2D eigenvalue weighted by Crippen LogP contribution is -2.38. The number of nitrogens with one attached hydrogen (secondary N) is 3. The molecule has 3 rings (SSSR count). The second kappa shape index (κ2) is 6.37. The number of para-hydroxylation sites is 1. The fraction of sp³-hybridized carbons (Fsp3) is 0.118. The number of rotatable bonds is 4. The van der Waals surface area contributed by atoms with Gasteiger partial charge in [0.05, 0.1) is 4.90 Å². The Kier molecular flexibility index (Phi) is 4.26. The minimum atomic E-state index is -3.88. The normalized spacial score (nSPS) is 11.4. The molecule has 0 aliphatic rings. The highest BCUT2D eigenvalue weighted by Gasteiger charge is 2.17. The van der Waals surface area contributed by atoms with Gasteiger partial charge in [-0.2, -0.15) is 0 Å². The second-order valence-corrected chi connectivity index (χ2v) is 7.14. The fourth-order valence-electron chi connectivity index (χ4n) is 2.39. The van der Waals surface area contributed by atoms with E-state index < -0.39 is 16.1 Å². The molecule has 0 aliphatic heterocycles. The van der Waals surface area contributed by atoms with Crippen LogP contribution in [0.3, 0.4) is 0 Å². The maximum absolute atomic E-state index is 12.1. The Balaban J connectivity index is 1.66. The van der Waals surface area contributed by atoms with Crippen molar-refractivity contribution < 1.29 is 13.2 Å². The molecule has 7 heteroatoms. The van der Waals surface area contributed by atoms with E-state index in [4.69, 9.17) is 0 Å². The van der Waals surface area contributed by atoms with Crippen LogP contribution in [0.15, 0.2) is 59.6 Å². The molecule has 2 amide bonds. The number of aromatic nitrogens is 1. The van der Waals surface area contributed by atoms with E-state index in [1.807, 2.05) is 35.9 Å². The van der Waals surface area contributed by atoms with E-state index in [-0.39, 0.29) is 11.4 Å². The number of urea groups is 1. The van der Waals surface area contributed by atoms with Gasteiger partial charge in [-0.1, -0.05) is 35.9 Å². The van der Waals surface area contributed by atoms with Gasteiger partial charge < -0.3 is 10.3 Å². The van der Waals surface area contributed by atoms with E-state index in [9.17, 15) is 13.2 Å². The zero-order chi connectivity index (χ0) is 17.2. The van der Waals surface area contributed by atoms with Crippen LogP contribution in [0, 0.1) is 6.92 Å². The molecule has 24 heavy (non-hydrogen) atoms. The van der Waals surface area contributed by atoms with Gasteiger partial charge in [0, 0.05) is 23.6 Å². The van der Waals surface area contributed by atoms with Crippen LogP contribution in [0.1, 0.15) is 11.1 Å². The van der Waals surface area contributed by atoms with Crippen LogP contribution in [0.2, 0.25) is 0 Å². The Morgan fingerprint density at radius 2 is 1.79 bits per heavy atom. The second-order valence-electron chi connectivity index (χ2n) is 5.46. The van der Waals surface area contributed by atoms with Crippen molar-refractivity contribution in [2.75, 3.05) is 0 Å². The fourth-order valence-corrected chi connectivity index (χ4v) is 3.32. The molecule has 1 aromatic heterocycles. The van der Waals surface area contributed by atoms with Gasteiger partial charge in [-0.05, 0) is 30.7 Å². The largest absolute Gasteiger partial charge is 0.361 e. The van der Waals surface area contributed by atoms with Crippen molar-refractivity contribution in [3.8, 4) is 0 Å². The summed E-state index contributed by atoms with van der Waals surface area (Å²) in [4.78, 5) is 15.1. The molecule has 0 unspecified atom stereocenters. The molecule has 2 aromatic carbocycles. The first-order valence-corrected chi connectivity index (χ1v) is 8.86. The summed E-state index contributed by atoms with van der Waals surface area (Å²) in [5, 5.41) is 3.55. The van der Waals surface area contributed by atoms with Crippen LogP contribution in [0.4, 0.5) is 4.79 Å². The molecule has 0 aliphatic carbocycles. The van der Waals surface area contributed by atoms with Gasteiger partial charge >= 0.3 is 6.03 Å². The van der Waals surface area contributed by atoms with E-state index in [0.717, 1.165) is 22.0 Å². The Hall–Kier alpha value is -2.80. The summed E-state index contributed by atoms with van der Waals surface area (Å²) in [6, 6.07) is 13.2. The summed E-state index contributed by atoms with van der Waals surface area (Å²) >= 11 is 0. The average molecular weight is 343 g/mol. The summed E-state index contributed by atoms with van der Waals surface area (Å²) in [5.41, 5.74) is 2.79. The first-order chi connectivity index (χ1) is 11.5. The molecular formula is C17H17N3O3S. The van der Waals surface area contributed by atoms with Crippen molar-refractivity contribution in [1.82, 2.24) is 15.0 Å². The number of hydrogen-bond acceptors (Lipinski definition) is 3. The van der Waals surface area contributed by atoms with Gasteiger partial charge in [-0.15, -0.1) is 0 Å². The van der Waals surface area contributed by atoms with Crippen molar-refractivity contribution in [1.29, 1.82) is 0 Å². The first kappa shape index (κ1) is 16.1. The maximum atomic E-state index is 12.1. The summed E-state index contributed by atoms with van der Waals surface area (Å²) < 4.78 is 26.3. The van der Waals surface area contributed by atoms with Crippen molar-refractivity contribution in [2.45, 2.75) is 18.4 Å². The molecule has 0 atom stereocenters. The molecule has 0 radical (unpaired) electrons. The third-order valence-corrected chi connectivity index (χ3v) is 5.02. The van der Waals surface area contributed by atoms with Crippen LogP contribution < -0.4 is 10.0 Å². The number of H-pyrrole nitrogens is 1. The lowest BCUT2D eigenvalue weighted by molar-refractivity contribution is 0.245. The maximum Gasteiger partial charge on any atom is 0.328 e. The smallest absolute Gasteiger partial charge is 0.328 e. The number of sulfonamides is 1. The van der Waals surface area contributed by atoms with Crippen molar-refractivity contribution >= 4 is 27.0 Å². The van der Waals surface area contributed by atoms with Crippen LogP contribution in [-0.4, -0.2) is 19.4 Å². The Bertz CT molecular complexity index is 976. The van der Waals surface area contributed by atoms with E-state index >= 15 is 0 Å². The van der Waals surface area contributed by atoms with Gasteiger partial charge in [0.2, 0.25) is 0 Å². The molecule has 3 N–H and O–H groups in total. The van der Waals surface area contributed by atoms with Gasteiger partial charge in [0.25, 0.3) is 10.0 Å². The highest BCUT2D eigenvalue weighted by Crippen LogP contribution is 2.17. The topological polar surface area (TPSA) is 91.1 Å². The zero-order valence-electron chi connectivity index (χ0n) is 13.0. The Morgan fingerprint density at radius 3 is 2.54 bits per heavy atom. The van der Waals surface area contributed by atoms with Gasteiger partial charge in [0.1, 0.15) is 0 Å². The van der Waals surface area contributed by atoms with Crippen LogP contribution in [0.5, 0.6) is 0 Å². The van der Waals surface area contributed by atoms with Crippen LogP contribution in [-0.2, 0) is 16.6 Å². The quantitative estimate of drug-likeness (QED) is 0.680. The number of fused-ring (bicyclic) bond motifs is 1. The predicted octanol–water partition coefficient (Wildman–Crippen LogP) is 2.66. The molecule has 124 valence electrons. The minimum absolute atomic E-state index is 0.0512. The van der Waals surface area contributed by atoms with Crippen molar-refractivity contribution in [3.63, 3.8) is 0 Å². The number of carbonyl (C=O) groups excluding carboxylic acids is 1. The van der Waals surface area contributed by atoms with Gasteiger partial charge in [0.15, 0.2) is 0 Å². The number of benzene rings is 2. The molecule has 0 bridgehead atoms. The lowest BCUT2D eigenvalue weighted by atomic mass is 10.2. The SMILES string of the molecule is Cc1ccc(S(=O)(=O)NC(=O)NCc2c[nH]c3ccccc23)cc1. The predicted molar refractivity (Wildman–Crippen MR) is 92.0 cm³/mol. The first-order valence-electron chi connectivity index (χ1n) is 7.38. The molecule has 6 nitrogen and oxygen atoms in total. The summed E-state index contributed by atoms with van der Waals surface area (Å²) in [6.45, 7) is 2.08. The zero-order valence-corrected chi connectivity index (χ0v) is 13.9. The van der Waals surface area contributed by atoms with Gasteiger partial charge in [-0.3, -0.25) is 0 Å². The van der Waals surface area contributed by atoms with Crippen molar-refractivity contribution in [3.05, 3.63) is 65.9 Å². The van der Waals surface area contributed by atoms with E-state index in [1.54, 1.807) is 18.3 Å². The lowest BCUT2D eigenvalue weighted by Gasteiger charge is -2.08. The molecular weight excluding hydrogens is 326 g/mol. The highest BCUT2D eigenvalue weighted by molar-refractivity contribution is 7.90. The van der Waals surface area contributed by atoms with Crippen molar-refractivity contribution in [2.24, 2.45) is 0 Å². The molecule has 0 saturated heterocycles. The standard InChI is InChI=1S/C17H17N3O3S/c1-12-6-8-14(9-7-12)24(22,23)20-17(21)19-11-13-10-18-16-5-3-2-4-15(13)16/h2-10,18H,11H2,1H3,(H2,19,20,21). The summed E-state index contributed by atoms with van der Waals surface area (Å²) in [5.74, 6) is 0. The third kappa shape index (κ3) is 3.41. The van der Waals surface area contributed by atoms with E-state index in [0.29, 0.717) is 0 Å². The Morgan fingerprint density at radius 1 is 1.08 bits per heavy atom. The van der Waals surface area contributed by atoms with Gasteiger partial charge in [-0.25, -0.2) is 17.9 Å². The Labute approximate surface area is 139 Å². The average Bonchev–Trinajstić information content (AvgIpc) is 2.96. The van der Waals surface area contributed by atoms with Crippen LogP contribution >= 0.6 is 0 Å². The number of aromatic amines is 1. The highest BCUT2D eigenvalue weighted by atomic mass is 32.2. The number of hydrogen-bond donors (Lipinski definition) is 3. The number of aryl methyl sites for hydroxylation is 1.